The molecule has 0 saturated carbocycles. The van der Waals surface area contributed by atoms with E-state index in [0.717, 1.165) is 11.1 Å². The van der Waals surface area contributed by atoms with Crippen LogP contribution in [-0.2, 0) is 4.74 Å². The van der Waals surface area contributed by atoms with E-state index in [-0.39, 0.29) is 12.7 Å². The number of rotatable bonds is 4. The molecule has 0 bridgehead atoms. The van der Waals surface area contributed by atoms with E-state index in [1.165, 1.54) is 0 Å². The Morgan fingerprint density at radius 2 is 1.69 bits per heavy atom. The first-order valence-electron chi connectivity index (χ1n) is 9.51. The molecule has 8 nitrogen and oxygen atoms in total. The number of hydrogen-bond acceptors (Lipinski definition) is 7. The molecule has 1 amide bonds. The van der Waals surface area contributed by atoms with Crippen molar-refractivity contribution in [1.29, 1.82) is 5.26 Å². The van der Waals surface area contributed by atoms with Gasteiger partial charge < -0.3 is 19.3 Å². The minimum atomic E-state index is -0.493. The van der Waals surface area contributed by atoms with Crippen LogP contribution < -0.4 is 9.64 Å². The number of aromatic nitrogens is 2. The first kappa shape index (κ1) is 20.4. The Morgan fingerprint density at radius 1 is 1.07 bits per heavy atom. The smallest absolute Gasteiger partial charge is 0.410 e. The third-order valence-electron chi connectivity index (χ3n) is 4.34. The Balaban J connectivity index is 1.57. The maximum Gasteiger partial charge on any atom is 0.410 e. The second kappa shape index (κ2) is 8.78. The Kier molecular flexibility index (Phi) is 6.17. The van der Waals surface area contributed by atoms with E-state index < -0.39 is 5.60 Å². The van der Waals surface area contributed by atoms with Crippen molar-refractivity contribution < 1.29 is 14.3 Å². The predicted molar refractivity (Wildman–Crippen MR) is 109 cm³/mol. The number of ether oxygens (including phenoxy) is 2. The van der Waals surface area contributed by atoms with E-state index in [2.05, 4.69) is 14.9 Å². The average Bonchev–Trinajstić information content (AvgIpc) is 2.72. The van der Waals surface area contributed by atoms with Gasteiger partial charge in [0.2, 0.25) is 5.95 Å². The SMILES string of the molecule is CC(C)(C)OC(=O)N1CCN(c2ncc(-c3ccc(OCC#N)cc3)cn2)CC1. The highest BCUT2D eigenvalue weighted by molar-refractivity contribution is 5.68. The minimum Gasteiger partial charge on any atom is -0.479 e. The summed E-state index contributed by atoms with van der Waals surface area (Å²) in [5.41, 5.74) is 1.37. The Hall–Kier alpha value is -3.34. The van der Waals surface area contributed by atoms with Crippen LogP contribution in [0.15, 0.2) is 36.7 Å². The molecule has 1 aliphatic heterocycles. The van der Waals surface area contributed by atoms with Crippen LogP contribution in [-0.4, -0.2) is 59.3 Å². The molecule has 1 fully saturated rings. The fraction of sp³-hybridized carbons (Fsp3) is 0.429. The minimum absolute atomic E-state index is 0.0261. The standard InChI is InChI=1S/C21H25N5O3/c1-21(2,3)29-20(27)26-11-9-25(10-12-26)19-23-14-17(15-24-19)16-4-6-18(7-5-16)28-13-8-22/h4-7,14-15H,9-13H2,1-3H3. The molecule has 152 valence electrons. The normalized spacial score (nSPS) is 14.3. The largest absolute Gasteiger partial charge is 0.479 e. The van der Waals surface area contributed by atoms with Crippen LogP contribution in [0.1, 0.15) is 20.8 Å². The zero-order chi connectivity index (χ0) is 20.9. The molecule has 0 spiro atoms. The Bertz CT molecular complexity index is 861. The summed E-state index contributed by atoms with van der Waals surface area (Å²) in [6, 6.07) is 9.39. The van der Waals surface area contributed by atoms with E-state index in [9.17, 15) is 4.79 Å². The lowest BCUT2D eigenvalue weighted by Crippen LogP contribution is -2.50. The molecule has 0 aliphatic carbocycles. The Morgan fingerprint density at radius 3 is 2.24 bits per heavy atom. The summed E-state index contributed by atoms with van der Waals surface area (Å²) in [6.07, 6.45) is 3.29. The number of amides is 1. The monoisotopic (exact) mass is 395 g/mol. The third kappa shape index (κ3) is 5.57. The van der Waals surface area contributed by atoms with Crippen molar-refractivity contribution in [2.45, 2.75) is 26.4 Å². The van der Waals surface area contributed by atoms with Crippen molar-refractivity contribution in [3.05, 3.63) is 36.7 Å². The van der Waals surface area contributed by atoms with E-state index in [4.69, 9.17) is 14.7 Å². The molecule has 0 atom stereocenters. The molecule has 2 heterocycles. The van der Waals surface area contributed by atoms with Gasteiger partial charge in [0.05, 0.1) is 0 Å². The highest BCUT2D eigenvalue weighted by Crippen LogP contribution is 2.22. The van der Waals surface area contributed by atoms with Gasteiger partial charge in [0.1, 0.15) is 17.4 Å². The summed E-state index contributed by atoms with van der Waals surface area (Å²) in [5, 5.41) is 8.56. The molecule has 3 rings (SSSR count). The first-order chi connectivity index (χ1) is 13.9. The molecule has 1 aromatic heterocycles. The number of nitrogens with zero attached hydrogens (tertiary/aromatic N) is 5. The summed E-state index contributed by atoms with van der Waals surface area (Å²) >= 11 is 0. The third-order valence-corrected chi connectivity index (χ3v) is 4.34. The second-order valence-electron chi connectivity index (χ2n) is 7.70. The van der Waals surface area contributed by atoms with Gasteiger partial charge in [-0.25, -0.2) is 14.8 Å². The van der Waals surface area contributed by atoms with E-state index in [1.54, 1.807) is 17.3 Å². The lowest BCUT2D eigenvalue weighted by Gasteiger charge is -2.35. The summed E-state index contributed by atoms with van der Waals surface area (Å²) < 4.78 is 10.7. The molecule has 0 unspecified atom stereocenters. The summed E-state index contributed by atoms with van der Waals surface area (Å²) in [4.78, 5) is 24.9. The van der Waals surface area contributed by atoms with E-state index in [0.29, 0.717) is 37.9 Å². The van der Waals surface area contributed by atoms with Crippen LogP contribution in [0.4, 0.5) is 10.7 Å². The topological polar surface area (TPSA) is 91.6 Å². The van der Waals surface area contributed by atoms with Crippen LogP contribution in [0, 0.1) is 11.3 Å². The van der Waals surface area contributed by atoms with Gasteiger partial charge in [0.15, 0.2) is 6.61 Å². The number of carbonyl (C=O) groups is 1. The maximum atomic E-state index is 12.2. The number of nitriles is 1. The molecule has 1 saturated heterocycles. The van der Waals surface area contributed by atoms with Gasteiger partial charge in [-0.2, -0.15) is 5.26 Å². The summed E-state index contributed by atoms with van der Waals surface area (Å²) in [6.45, 7) is 8.08. The number of benzene rings is 1. The highest BCUT2D eigenvalue weighted by atomic mass is 16.6. The number of piperazine rings is 1. The number of anilines is 1. The van der Waals surface area contributed by atoms with Crippen LogP contribution in [0.3, 0.4) is 0 Å². The van der Waals surface area contributed by atoms with Gasteiger partial charge in [0, 0.05) is 44.1 Å². The second-order valence-corrected chi connectivity index (χ2v) is 7.70. The van der Waals surface area contributed by atoms with Gasteiger partial charge in [-0.1, -0.05) is 12.1 Å². The van der Waals surface area contributed by atoms with Gasteiger partial charge >= 0.3 is 6.09 Å². The molecular weight excluding hydrogens is 370 g/mol. The first-order valence-corrected chi connectivity index (χ1v) is 9.51. The number of carbonyl (C=O) groups excluding carboxylic acids is 1. The van der Waals surface area contributed by atoms with Crippen molar-refractivity contribution in [1.82, 2.24) is 14.9 Å². The van der Waals surface area contributed by atoms with Crippen molar-refractivity contribution in [3.63, 3.8) is 0 Å². The highest BCUT2D eigenvalue weighted by Gasteiger charge is 2.26. The quantitative estimate of drug-likeness (QED) is 0.785. The zero-order valence-corrected chi connectivity index (χ0v) is 17.0. The van der Waals surface area contributed by atoms with E-state index >= 15 is 0 Å². The van der Waals surface area contributed by atoms with Gasteiger partial charge in [-0.05, 0) is 38.5 Å². The van der Waals surface area contributed by atoms with Gasteiger partial charge in [-0.15, -0.1) is 0 Å². The Labute approximate surface area is 170 Å². The summed E-state index contributed by atoms with van der Waals surface area (Å²) in [7, 11) is 0. The zero-order valence-electron chi connectivity index (χ0n) is 17.0. The summed E-state index contributed by atoms with van der Waals surface area (Å²) in [5.74, 6) is 1.29. The fourth-order valence-corrected chi connectivity index (χ4v) is 2.91. The van der Waals surface area contributed by atoms with Crippen LogP contribution >= 0.6 is 0 Å². The maximum absolute atomic E-state index is 12.2. The molecule has 1 aliphatic rings. The number of hydrogen-bond donors (Lipinski definition) is 0. The van der Waals surface area contributed by atoms with Crippen LogP contribution in [0.5, 0.6) is 5.75 Å². The lowest BCUT2D eigenvalue weighted by atomic mass is 10.1. The molecule has 29 heavy (non-hydrogen) atoms. The lowest BCUT2D eigenvalue weighted by molar-refractivity contribution is 0.0240. The van der Waals surface area contributed by atoms with E-state index in [1.807, 2.05) is 51.1 Å². The van der Waals surface area contributed by atoms with Gasteiger partial charge in [-0.3, -0.25) is 0 Å². The van der Waals surface area contributed by atoms with Gasteiger partial charge in [0.25, 0.3) is 0 Å². The average molecular weight is 395 g/mol. The molecule has 2 aromatic rings. The molecule has 0 radical (unpaired) electrons. The van der Waals surface area contributed by atoms with Crippen LogP contribution in [0.2, 0.25) is 0 Å². The molecular formula is C21H25N5O3. The van der Waals surface area contributed by atoms with Crippen molar-refractivity contribution in [2.75, 3.05) is 37.7 Å². The fourth-order valence-electron chi connectivity index (χ4n) is 2.91. The van der Waals surface area contributed by atoms with Crippen molar-refractivity contribution in [3.8, 4) is 22.9 Å². The predicted octanol–water partition coefficient (Wildman–Crippen LogP) is 3.10. The van der Waals surface area contributed by atoms with Crippen molar-refractivity contribution in [2.24, 2.45) is 0 Å². The molecule has 8 heteroatoms. The molecule has 1 aromatic carbocycles. The van der Waals surface area contributed by atoms with Crippen LogP contribution in [0.25, 0.3) is 11.1 Å². The molecule has 0 N–H and O–H groups in total. The van der Waals surface area contributed by atoms with Crippen molar-refractivity contribution >= 4 is 12.0 Å².